The molecule has 3 heterocycles. The van der Waals surface area contributed by atoms with Gasteiger partial charge in [-0.3, -0.25) is 4.79 Å². The van der Waals surface area contributed by atoms with Crippen molar-refractivity contribution in [3.63, 3.8) is 0 Å². The Morgan fingerprint density at radius 2 is 1.96 bits per heavy atom. The van der Waals surface area contributed by atoms with Crippen molar-refractivity contribution in [1.82, 2.24) is 15.2 Å². The Labute approximate surface area is 157 Å². The van der Waals surface area contributed by atoms with E-state index in [0.29, 0.717) is 5.13 Å². The summed E-state index contributed by atoms with van der Waals surface area (Å²) in [6, 6.07) is 6.35. The number of hydrogen-bond donors (Lipinski definition) is 1. The first-order valence-corrected chi connectivity index (χ1v) is 9.98. The molecule has 1 aliphatic heterocycles. The fraction of sp³-hybridized carbons (Fsp3) is 0.294. The second-order valence-corrected chi connectivity index (χ2v) is 7.69. The number of piperidine rings is 1. The number of amides is 1. The summed E-state index contributed by atoms with van der Waals surface area (Å²) in [5.74, 6) is -0.266. The molecule has 1 saturated heterocycles. The molecule has 9 heteroatoms. The van der Waals surface area contributed by atoms with Gasteiger partial charge in [0.25, 0.3) is 0 Å². The molecule has 1 N–H and O–H groups in total. The van der Waals surface area contributed by atoms with Crippen molar-refractivity contribution in [2.45, 2.75) is 12.8 Å². The minimum atomic E-state index is -0.252. The molecule has 2 aromatic heterocycles. The molecule has 0 spiro atoms. The Kier molecular flexibility index (Phi) is 4.89. The maximum atomic E-state index is 13.1. The molecular weight excluding hydrogens is 373 g/mol. The lowest BCUT2D eigenvalue weighted by Gasteiger charge is -2.30. The molecule has 1 aliphatic rings. The van der Waals surface area contributed by atoms with Crippen molar-refractivity contribution in [2.24, 2.45) is 5.92 Å². The van der Waals surface area contributed by atoms with Crippen molar-refractivity contribution < 1.29 is 9.18 Å². The highest BCUT2D eigenvalue weighted by molar-refractivity contribution is 7.14. The van der Waals surface area contributed by atoms with Gasteiger partial charge in [-0.15, -0.1) is 21.5 Å². The highest BCUT2D eigenvalue weighted by Gasteiger charge is 2.26. The van der Waals surface area contributed by atoms with Crippen LogP contribution in [0.5, 0.6) is 0 Å². The van der Waals surface area contributed by atoms with Crippen LogP contribution in [0, 0.1) is 11.7 Å². The monoisotopic (exact) mass is 389 g/mol. The van der Waals surface area contributed by atoms with E-state index in [-0.39, 0.29) is 17.6 Å². The van der Waals surface area contributed by atoms with Crippen LogP contribution in [0.15, 0.2) is 35.2 Å². The van der Waals surface area contributed by atoms with E-state index in [4.69, 9.17) is 0 Å². The second-order valence-electron chi connectivity index (χ2n) is 6.02. The summed E-state index contributed by atoms with van der Waals surface area (Å²) >= 11 is 2.89. The quantitative estimate of drug-likeness (QED) is 0.737. The van der Waals surface area contributed by atoms with Gasteiger partial charge in [-0.1, -0.05) is 11.3 Å². The van der Waals surface area contributed by atoms with E-state index in [1.165, 1.54) is 23.5 Å². The van der Waals surface area contributed by atoms with Crippen LogP contribution < -0.4 is 10.2 Å². The molecule has 0 radical (unpaired) electrons. The van der Waals surface area contributed by atoms with Crippen molar-refractivity contribution >= 4 is 38.8 Å². The fourth-order valence-corrected chi connectivity index (χ4v) is 4.27. The Morgan fingerprint density at radius 3 is 2.65 bits per heavy atom. The molecule has 0 atom stereocenters. The molecular formula is C17H16FN5OS2. The number of nitrogens with one attached hydrogen (secondary N) is 1. The van der Waals surface area contributed by atoms with Crippen molar-refractivity contribution in [1.29, 1.82) is 0 Å². The molecule has 6 nitrogen and oxygen atoms in total. The van der Waals surface area contributed by atoms with Gasteiger partial charge in [0.1, 0.15) is 11.3 Å². The van der Waals surface area contributed by atoms with Crippen LogP contribution >= 0.6 is 22.7 Å². The Bertz CT molecular complexity index is 873. The highest BCUT2D eigenvalue weighted by Crippen LogP contribution is 2.30. The SMILES string of the molecule is O=C(Nc1nncs1)C1CCN(c2nc(-c3ccc(F)cc3)cs2)CC1. The number of carbonyl (C=O) groups excluding carboxylic acids is 1. The van der Waals surface area contributed by atoms with Crippen LogP contribution in [0.25, 0.3) is 11.3 Å². The molecule has 3 aromatic rings. The topological polar surface area (TPSA) is 71.0 Å². The van der Waals surface area contributed by atoms with Crippen LogP contribution in [0.3, 0.4) is 0 Å². The van der Waals surface area contributed by atoms with Crippen LogP contribution in [-0.2, 0) is 4.79 Å². The smallest absolute Gasteiger partial charge is 0.229 e. The molecule has 0 aliphatic carbocycles. The zero-order chi connectivity index (χ0) is 17.9. The first-order valence-electron chi connectivity index (χ1n) is 8.22. The predicted molar refractivity (Wildman–Crippen MR) is 101 cm³/mol. The van der Waals surface area contributed by atoms with Crippen molar-refractivity contribution in [2.75, 3.05) is 23.3 Å². The van der Waals surface area contributed by atoms with Gasteiger partial charge in [-0.05, 0) is 37.1 Å². The summed E-state index contributed by atoms with van der Waals surface area (Å²) < 4.78 is 13.1. The van der Waals surface area contributed by atoms with E-state index < -0.39 is 0 Å². The van der Waals surface area contributed by atoms with Gasteiger partial charge >= 0.3 is 0 Å². The van der Waals surface area contributed by atoms with Gasteiger partial charge < -0.3 is 10.2 Å². The minimum Gasteiger partial charge on any atom is -0.348 e. The number of benzene rings is 1. The number of hydrogen-bond acceptors (Lipinski definition) is 7. The molecule has 134 valence electrons. The summed E-state index contributed by atoms with van der Waals surface area (Å²) in [4.78, 5) is 19.2. The number of carbonyl (C=O) groups is 1. The van der Waals surface area contributed by atoms with Crippen LogP contribution in [0.1, 0.15) is 12.8 Å². The van der Waals surface area contributed by atoms with E-state index in [0.717, 1.165) is 42.3 Å². The molecule has 1 fully saturated rings. The number of halogens is 1. The maximum absolute atomic E-state index is 13.1. The number of rotatable bonds is 4. The normalized spacial score (nSPS) is 15.2. The lowest BCUT2D eigenvalue weighted by Crippen LogP contribution is -2.38. The molecule has 4 rings (SSSR count). The molecule has 0 unspecified atom stereocenters. The molecule has 0 saturated carbocycles. The number of aromatic nitrogens is 3. The van der Waals surface area contributed by atoms with Gasteiger partial charge in [-0.2, -0.15) is 0 Å². The summed E-state index contributed by atoms with van der Waals surface area (Å²) in [6.07, 6.45) is 1.55. The standard InChI is InChI=1S/C17H16FN5OS2/c18-13-3-1-11(2-4-13)14-9-25-17(20-14)23-7-5-12(6-8-23)15(24)21-16-22-19-10-26-16/h1-4,9-10,12H,5-8H2,(H,21,22,24). The fourth-order valence-electron chi connectivity index (χ4n) is 2.93. The third-order valence-electron chi connectivity index (χ3n) is 4.36. The van der Waals surface area contributed by atoms with Crippen molar-refractivity contribution in [3.8, 4) is 11.3 Å². The summed E-state index contributed by atoms with van der Waals surface area (Å²) in [7, 11) is 0. The van der Waals surface area contributed by atoms with E-state index >= 15 is 0 Å². The zero-order valence-corrected chi connectivity index (χ0v) is 15.4. The lowest BCUT2D eigenvalue weighted by molar-refractivity contribution is -0.120. The Morgan fingerprint density at radius 1 is 1.19 bits per heavy atom. The lowest BCUT2D eigenvalue weighted by atomic mass is 9.96. The summed E-state index contributed by atoms with van der Waals surface area (Å²) in [5, 5.41) is 13.9. The van der Waals surface area contributed by atoms with Gasteiger partial charge in [0.2, 0.25) is 11.0 Å². The van der Waals surface area contributed by atoms with Gasteiger partial charge in [0.05, 0.1) is 5.69 Å². The number of nitrogens with zero attached hydrogens (tertiary/aromatic N) is 4. The van der Waals surface area contributed by atoms with E-state index in [1.54, 1.807) is 29.0 Å². The van der Waals surface area contributed by atoms with Gasteiger partial charge in [0, 0.05) is 30.0 Å². The van der Waals surface area contributed by atoms with Crippen LogP contribution in [0.2, 0.25) is 0 Å². The van der Waals surface area contributed by atoms with E-state index in [9.17, 15) is 9.18 Å². The zero-order valence-electron chi connectivity index (χ0n) is 13.8. The molecule has 1 aromatic carbocycles. The minimum absolute atomic E-state index is 0.00698. The molecule has 0 bridgehead atoms. The average Bonchev–Trinajstić information content (AvgIpc) is 3.34. The van der Waals surface area contributed by atoms with Gasteiger partial charge in [0.15, 0.2) is 5.13 Å². The Hall–Kier alpha value is -2.39. The Balaban J connectivity index is 1.36. The highest BCUT2D eigenvalue weighted by atomic mass is 32.1. The predicted octanol–water partition coefficient (Wildman–Crippen LogP) is 3.66. The number of anilines is 2. The third kappa shape index (κ3) is 3.73. The van der Waals surface area contributed by atoms with Crippen LogP contribution in [-0.4, -0.2) is 34.2 Å². The van der Waals surface area contributed by atoms with E-state index in [1.807, 2.05) is 5.38 Å². The average molecular weight is 389 g/mol. The van der Waals surface area contributed by atoms with Gasteiger partial charge in [-0.25, -0.2) is 9.37 Å². The first-order chi connectivity index (χ1) is 12.7. The summed E-state index contributed by atoms with van der Waals surface area (Å²) in [6.45, 7) is 1.56. The largest absolute Gasteiger partial charge is 0.348 e. The third-order valence-corrected chi connectivity index (χ3v) is 5.87. The van der Waals surface area contributed by atoms with E-state index in [2.05, 4.69) is 25.4 Å². The molecule has 26 heavy (non-hydrogen) atoms. The second kappa shape index (κ2) is 7.46. The summed E-state index contributed by atoms with van der Waals surface area (Å²) in [5.41, 5.74) is 3.35. The first kappa shape index (κ1) is 17.0. The maximum Gasteiger partial charge on any atom is 0.229 e. The number of thiazole rings is 1. The molecule has 1 amide bonds. The van der Waals surface area contributed by atoms with Crippen LogP contribution in [0.4, 0.5) is 14.7 Å². The van der Waals surface area contributed by atoms with Crippen molar-refractivity contribution in [3.05, 3.63) is 41.0 Å².